The lowest BCUT2D eigenvalue weighted by molar-refractivity contribution is 0.237. The minimum atomic E-state index is -0.254. The lowest BCUT2D eigenvalue weighted by Gasteiger charge is -2.08. The molecule has 0 saturated heterocycles. The second kappa shape index (κ2) is 7.25. The molecule has 0 aliphatic heterocycles. The van der Waals surface area contributed by atoms with Crippen LogP contribution in [0.25, 0.3) is 5.82 Å². The molecule has 2 aromatic heterocycles. The Hall–Kier alpha value is -2.41. The minimum Gasteiger partial charge on any atom is -0.396 e. The van der Waals surface area contributed by atoms with Gasteiger partial charge in [-0.1, -0.05) is 0 Å². The van der Waals surface area contributed by atoms with E-state index in [-0.39, 0.29) is 12.6 Å². The molecule has 0 bridgehead atoms. The fraction of sp³-hybridized carbons (Fsp3) is 0.308. The summed E-state index contributed by atoms with van der Waals surface area (Å²) in [7, 11) is 0. The highest BCUT2D eigenvalue weighted by Crippen LogP contribution is 2.05. The first-order valence-corrected chi connectivity index (χ1v) is 6.37. The topological polar surface area (TPSA) is 92.1 Å². The van der Waals surface area contributed by atoms with Gasteiger partial charge < -0.3 is 15.7 Å². The summed E-state index contributed by atoms with van der Waals surface area (Å²) >= 11 is 0. The van der Waals surface area contributed by atoms with E-state index in [9.17, 15) is 4.79 Å². The summed E-state index contributed by atoms with van der Waals surface area (Å²) in [6, 6.07) is 5.26. The quantitative estimate of drug-likeness (QED) is 0.667. The van der Waals surface area contributed by atoms with Gasteiger partial charge in [-0.15, -0.1) is 0 Å². The number of carbonyl (C=O) groups is 1. The highest BCUT2D eigenvalue weighted by molar-refractivity contribution is 5.73. The molecule has 0 aliphatic rings. The van der Waals surface area contributed by atoms with Crippen LogP contribution in [0.1, 0.15) is 12.0 Å². The lowest BCUT2D eigenvalue weighted by atomic mass is 10.2. The van der Waals surface area contributed by atoms with E-state index in [1.54, 1.807) is 23.3 Å². The summed E-state index contributed by atoms with van der Waals surface area (Å²) in [5, 5.41) is 18.1. The SMILES string of the molecule is O=C(NCCCO)NCc1ccnc(-n2cccn2)c1. The van der Waals surface area contributed by atoms with Gasteiger partial charge in [0.2, 0.25) is 0 Å². The van der Waals surface area contributed by atoms with E-state index in [1.807, 2.05) is 18.2 Å². The molecule has 7 heteroatoms. The van der Waals surface area contributed by atoms with Crippen molar-refractivity contribution in [1.82, 2.24) is 25.4 Å². The van der Waals surface area contributed by atoms with E-state index in [2.05, 4.69) is 20.7 Å². The number of hydrogen-bond acceptors (Lipinski definition) is 4. The van der Waals surface area contributed by atoms with Gasteiger partial charge in [0, 0.05) is 38.3 Å². The highest BCUT2D eigenvalue weighted by atomic mass is 16.3. The molecule has 2 rings (SSSR count). The van der Waals surface area contributed by atoms with Crippen LogP contribution >= 0.6 is 0 Å². The summed E-state index contributed by atoms with van der Waals surface area (Å²) in [6.07, 6.45) is 5.71. The van der Waals surface area contributed by atoms with Crippen LogP contribution in [0.5, 0.6) is 0 Å². The molecule has 2 amide bonds. The van der Waals surface area contributed by atoms with Crippen LogP contribution in [-0.2, 0) is 6.54 Å². The van der Waals surface area contributed by atoms with Gasteiger partial charge in [0.15, 0.2) is 5.82 Å². The number of urea groups is 1. The third-order valence-corrected chi connectivity index (χ3v) is 2.62. The van der Waals surface area contributed by atoms with Gasteiger partial charge in [-0.25, -0.2) is 14.5 Å². The summed E-state index contributed by atoms with van der Waals surface area (Å²) < 4.78 is 1.66. The third-order valence-electron chi connectivity index (χ3n) is 2.62. The van der Waals surface area contributed by atoms with Crippen molar-refractivity contribution in [1.29, 1.82) is 0 Å². The number of aliphatic hydroxyl groups excluding tert-OH is 1. The fourth-order valence-corrected chi connectivity index (χ4v) is 1.63. The molecule has 7 nitrogen and oxygen atoms in total. The molecule has 0 radical (unpaired) electrons. The number of nitrogens with one attached hydrogen (secondary N) is 2. The molecule has 20 heavy (non-hydrogen) atoms. The largest absolute Gasteiger partial charge is 0.396 e. The van der Waals surface area contributed by atoms with Gasteiger partial charge in [-0.2, -0.15) is 5.10 Å². The Morgan fingerprint density at radius 2 is 2.25 bits per heavy atom. The molecule has 106 valence electrons. The number of rotatable bonds is 6. The zero-order valence-corrected chi connectivity index (χ0v) is 11.0. The van der Waals surface area contributed by atoms with E-state index in [1.165, 1.54) is 0 Å². The maximum Gasteiger partial charge on any atom is 0.315 e. The van der Waals surface area contributed by atoms with Gasteiger partial charge in [0.1, 0.15) is 0 Å². The average Bonchev–Trinajstić information content (AvgIpc) is 3.00. The van der Waals surface area contributed by atoms with Crippen molar-refractivity contribution in [2.75, 3.05) is 13.2 Å². The molecule has 0 spiro atoms. The number of aliphatic hydroxyl groups is 1. The van der Waals surface area contributed by atoms with Gasteiger partial charge in [0.05, 0.1) is 0 Å². The summed E-state index contributed by atoms with van der Waals surface area (Å²) in [4.78, 5) is 15.7. The van der Waals surface area contributed by atoms with Crippen LogP contribution in [0.15, 0.2) is 36.8 Å². The van der Waals surface area contributed by atoms with E-state index in [0.29, 0.717) is 25.3 Å². The van der Waals surface area contributed by atoms with E-state index in [4.69, 9.17) is 5.11 Å². The Labute approximate surface area is 116 Å². The molecule has 0 atom stereocenters. The molecule has 0 aromatic carbocycles. The standard InChI is InChI=1S/C13H17N5O2/c19-8-2-4-15-13(20)16-10-11-3-6-14-12(9-11)18-7-1-5-17-18/h1,3,5-7,9,19H,2,4,8,10H2,(H2,15,16,20). The molecule has 0 fully saturated rings. The number of nitrogens with zero attached hydrogens (tertiary/aromatic N) is 3. The van der Waals surface area contributed by atoms with Gasteiger partial charge in [-0.3, -0.25) is 0 Å². The number of amides is 2. The van der Waals surface area contributed by atoms with Crippen molar-refractivity contribution in [3.05, 3.63) is 42.4 Å². The Bertz CT molecular complexity index is 541. The van der Waals surface area contributed by atoms with Crippen LogP contribution < -0.4 is 10.6 Å². The highest BCUT2D eigenvalue weighted by Gasteiger charge is 2.02. The number of aromatic nitrogens is 3. The first kappa shape index (κ1) is 14.0. The van der Waals surface area contributed by atoms with E-state index in [0.717, 1.165) is 5.56 Å². The van der Waals surface area contributed by atoms with Gasteiger partial charge >= 0.3 is 6.03 Å². The van der Waals surface area contributed by atoms with Crippen LogP contribution in [0, 0.1) is 0 Å². The number of pyridine rings is 1. The normalized spacial score (nSPS) is 10.2. The molecule has 2 aromatic rings. The van der Waals surface area contributed by atoms with Crippen LogP contribution in [-0.4, -0.2) is 39.1 Å². The summed E-state index contributed by atoms with van der Waals surface area (Å²) in [5.74, 6) is 0.704. The lowest BCUT2D eigenvalue weighted by Crippen LogP contribution is -2.35. The first-order valence-electron chi connectivity index (χ1n) is 6.37. The second-order valence-corrected chi connectivity index (χ2v) is 4.16. The molecular formula is C13H17N5O2. The minimum absolute atomic E-state index is 0.0673. The van der Waals surface area contributed by atoms with Gasteiger partial charge in [-0.05, 0) is 30.2 Å². The predicted octanol–water partition coefficient (Wildman–Crippen LogP) is 0.449. The number of hydrogen-bond donors (Lipinski definition) is 3. The van der Waals surface area contributed by atoms with Crippen LogP contribution in [0.3, 0.4) is 0 Å². The van der Waals surface area contributed by atoms with Crippen molar-refractivity contribution in [3.63, 3.8) is 0 Å². The zero-order chi connectivity index (χ0) is 14.2. The Morgan fingerprint density at radius 3 is 3.00 bits per heavy atom. The van der Waals surface area contributed by atoms with Crippen molar-refractivity contribution in [2.45, 2.75) is 13.0 Å². The van der Waals surface area contributed by atoms with Crippen molar-refractivity contribution in [3.8, 4) is 5.82 Å². The first-order chi connectivity index (χ1) is 9.79. The smallest absolute Gasteiger partial charge is 0.315 e. The zero-order valence-electron chi connectivity index (χ0n) is 11.0. The predicted molar refractivity (Wildman–Crippen MR) is 73.3 cm³/mol. The van der Waals surface area contributed by atoms with Crippen LogP contribution in [0.4, 0.5) is 4.79 Å². The second-order valence-electron chi connectivity index (χ2n) is 4.16. The van der Waals surface area contributed by atoms with Crippen molar-refractivity contribution < 1.29 is 9.90 Å². The monoisotopic (exact) mass is 275 g/mol. The van der Waals surface area contributed by atoms with Crippen molar-refractivity contribution >= 4 is 6.03 Å². The average molecular weight is 275 g/mol. The third kappa shape index (κ3) is 4.06. The molecule has 0 aliphatic carbocycles. The molecule has 3 N–H and O–H groups in total. The summed E-state index contributed by atoms with van der Waals surface area (Å²) in [6.45, 7) is 0.927. The van der Waals surface area contributed by atoms with E-state index < -0.39 is 0 Å². The molecular weight excluding hydrogens is 258 g/mol. The van der Waals surface area contributed by atoms with E-state index >= 15 is 0 Å². The van der Waals surface area contributed by atoms with Crippen molar-refractivity contribution in [2.24, 2.45) is 0 Å². The molecule has 0 saturated carbocycles. The molecule has 2 heterocycles. The number of carbonyl (C=O) groups excluding carboxylic acids is 1. The molecule has 0 unspecified atom stereocenters. The maximum absolute atomic E-state index is 11.5. The Balaban J connectivity index is 1.87. The van der Waals surface area contributed by atoms with Crippen LogP contribution in [0.2, 0.25) is 0 Å². The summed E-state index contributed by atoms with van der Waals surface area (Å²) in [5.41, 5.74) is 0.933. The van der Waals surface area contributed by atoms with Gasteiger partial charge in [0.25, 0.3) is 0 Å². The fourth-order valence-electron chi connectivity index (χ4n) is 1.63. The Morgan fingerprint density at radius 1 is 1.35 bits per heavy atom. The maximum atomic E-state index is 11.5. The Kier molecular flexibility index (Phi) is 5.08.